The SMILES string of the molecule is CCn1c(=O)c2c(nc(C(C)(C)C)n2CCCN)n(C)c1=O. The number of aryl methyl sites for hydroxylation is 2. The summed E-state index contributed by atoms with van der Waals surface area (Å²) < 4.78 is 4.62. The molecule has 0 bridgehead atoms. The Hall–Kier alpha value is -1.89. The standard InChI is InChI=1S/C15H25N5O2/c1-6-19-12(21)10-11(18(5)14(19)22)17-13(15(2,3)4)20(10)9-7-8-16/h6-9,16H2,1-5H3. The first-order valence-corrected chi connectivity index (χ1v) is 7.64. The van der Waals surface area contributed by atoms with Gasteiger partial charge in [-0.25, -0.2) is 9.78 Å². The van der Waals surface area contributed by atoms with E-state index in [0.29, 0.717) is 30.8 Å². The first-order chi connectivity index (χ1) is 10.2. The maximum absolute atomic E-state index is 12.7. The van der Waals surface area contributed by atoms with Gasteiger partial charge in [-0.2, -0.15) is 0 Å². The average molecular weight is 307 g/mol. The maximum atomic E-state index is 12.7. The van der Waals surface area contributed by atoms with Crippen LogP contribution < -0.4 is 17.0 Å². The van der Waals surface area contributed by atoms with Crippen molar-refractivity contribution in [3.05, 3.63) is 26.7 Å². The highest BCUT2D eigenvalue weighted by Crippen LogP contribution is 2.24. The molecule has 7 nitrogen and oxygen atoms in total. The number of aromatic nitrogens is 4. The molecule has 2 heterocycles. The summed E-state index contributed by atoms with van der Waals surface area (Å²) in [4.78, 5) is 29.6. The minimum Gasteiger partial charge on any atom is -0.330 e. The van der Waals surface area contributed by atoms with Gasteiger partial charge < -0.3 is 10.3 Å². The number of nitrogens with two attached hydrogens (primary N) is 1. The van der Waals surface area contributed by atoms with Gasteiger partial charge in [0.05, 0.1) is 0 Å². The van der Waals surface area contributed by atoms with Crippen LogP contribution in [0.1, 0.15) is 39.9 Å². The van der Waals surface area contributed by atoms with Crippen molar-refractivity contribution < 1.29 is 0 Å². The van der Waals surface area contributed by atoms with Gasteiger partial charge in [-0.15, -0.1) is 0 Å². The van der Waals surface area contributed by atoms with Crippen LogP contribution in [0.15, 0.2) is 9.59 Å². The Morgan fingerprint density at radius 1 is 1.18 bits per heavy atom. The smallest absolute Gasteiger partial charge is 0.330 e. The fraction of sp³-hybridized carbons (Fsp3) is 0.667. The van der Waals surface area contributed by atoms with Gasteiger partial charge in [0.25, 0.3) is 5.56 Å². The van der Waals surface area contributed by atoms with E-state index in [9.17, 15) is 9.59 Å². The largest absolute Gasteiger partial charge is 0.332 e. The molecule has 7 heteroatoms. The van der Waals surface area contributed by atoms with E-state index in [1.807, 2.05) is 25.3 Å². The van der Waals surface area contributed by atoms with Gasteiger partial charge in [-0.05, 0) is 19.9 Å². The Morgan fingerprint density at radius 2 is 1.82 bits per heavy atom. The quantitative estimate of drug-likeness (QED) is 0.894. The van der Waals surface area contributed by atoms with Crippen molar-refractivity contribution >= 4 is 11.2 Å². The highest BCUT2D eigenvalue weighted by Gasteiger charge is 2.26. The molecule has 0 aliphatic rings. The number of nitrogens with zero attached hydrogens (tertiary/aromatic N) is 4. The van der Waals surface area contributed by atoms with Crippen LogP contribution in [0.25, 0.3) is 11.2 Å². The van der Waals surface area contributed by atoms with Gasteiger partial charge in [0.1, 0.15) is 5.82 Å². The van der Waals surface area contributed by atoms with Gasteiger partial charge in [0, 0.05) is 25.6 Å². The third kappa shape index (κ3) is 2.49. The first kappa shape index (κ1) is 16.5. The molecule has 0 unspecified atom stereocenters. The van der Waals surface area contributed by atoms with Crippen LogP contribution in [0.5, 0.6) is 0 Å². The van der Waals surface area contributed by atoms with Crippen LogP contribution in [0, 0.1) is 0 Å². The van der Waals surface area contributed by atoms with Gasteiger partial charge in [0.15, 0.2) is 11.2 Å². The molecule has 0 saturated carbocycles. The second kappa shape index (κ2) is 5.72. The van der Waals surface area contributed by atoms with Gasteiger partial charge in [0.2, 0.25) is 0 Å². The molecule has 0 radical (unpaired) electrons. The van der Waals surface area contributed by atoms with Crippen LogP contribution in [-0.2, 0) is 25.6 Å². The molecular formula is C15H25N5O2. The Bertz CT molecular complexity index is 804. The fourth-order valence-corrected chi connectivity index (χ4v) is 2.69. The molecule has 2 rings (SSSR count). The zero-order valence-corrected chi connectivity index (χ0v) is 14.0. The van der Waals surface area contributed by atoms with E-state index in [2.05, 4.69) is 4.98 Å². The lowest BCUT2D eigenvalue weighted by Crippen LogP contribution is -2.39. The molecule has 0 fully saturated rings. The van der Waals surface area contributed by atoms with Crippen LogP contribution in [-0.4, -0.2) is 25.2 Å². The molecular weight excluding hydrogens is 282 g/mol. The molecule has 0 amide bonds. The Labute approximate surface area is 129 Å². The normalized spacial score (nSPS) is 12.3. The Balaban J connectivity index is 2.95. The summed E-state index contributed by atoms with van der Waals surface area (Å²) in [5.74, 6) is 0.803. The van der Waals surface area contributed by atoms with E-state index in [4.69, 9.17) is 5.73 Å². The van der Waals surface area contributed by atoms with Crippen molar-refractivity contribution in [2.75, 3.05) is 6.54 Å². The summed E-state index contributed by atoms with van der Waals surface area (Å²) in [5.41, 5.74) is 5.72. The average Bonchev–Trinajstić information content (AvgIpc) is 2.83. The molecule has 0 aromatic carbocycles. The number of hydrogen-bond donors (Lipinski definition) is 1. The minimum atomic E-state index is -0.330. The fourth-order valence-electron chi connectivity index (χ4n) is 2.69. The summed E-state index contributed by atoms with van der Waals surface area (Å²) in [7, 11) is 1.66. The number of hydrogen-bond acceptors (Lipinski definition) is 4. The Kier molecular flexibility index (Phi) is 4.28. The van der Waals surface area contributed by atoms with Crippen LogP contribution in [0.2, 0.25) is 0 Å². The van der Waals surface area contributed by atoms with Crippen molar-refractivity contribution in [2.45, 2.75) is 52.6 Å². The summed E-state index contributed by atoms with van der Waals surface area (Å²) in [5, 5.41) is 0. The first-order valence-electron chi connectivity index (χ1n) is 7.64. The molecule has 0 spiro atoms. The molecule has 0 atom stereocenters. The number of imidazole rings is 1. The molecule has 2 aromatic heterocycles. The number of fused-ring (bicyclic) bond motifs is 1. The molecule has 0 saturated heterocycles. The summed E-state index contributed by atoms with van der Waals surface area (Å²) in [6.07, 6.45) is 0.753. The summed E-state index contributed by atoms with van der Waals surface area (Å²) in [6, 6.07) is 0. The van der Waals surface area contributed by atoms with Crippen molar-refractivity contribution in [2.24, 2.45) is 12.8 Å². The van der Waals surface area contributed by atoms with E-state index in [-0.39, 0.29) is 16.7 Å². The van der Waals surface area contributed by atoms with Crippen molar-refractivity contribution in [3.8, 4) is 0 Å². The lowest BCUT2D eigenvalue weighted by Gasteiger charge is -2.19. The van der Waals surface area contributed by atoms with Crippen LogP contribution in [0.3, 0.4) is 0 Å². The van der Waals surface area contributed by atoms with E-state index in [1.54, 1.807) is 14.0 Å². The van der Waals surface area contributed by atoms with E-state index in [1.165, 1.54) is 9.13 Å². The van der Waals surface area contributed by atoms with Crippen molar-refractivity contribution in [3.63, 3.8) is 0 Å². The third-order valence-corrected chi connectivity index (χ3v) is 3.81. The van der Waals surface area contributed by atoms with E-state index in [0.717, 1.165) is 12.2 Å². The predicted octanol–water partition coefficient (Wildman–Crippen LogP) is 0.563. The summed E-state index contributed by atoms with van der Waals surface area (Å²) in [6.45, 7) is 9.43. The zero-order chi connectivity index (χ0) is 16.7. The molecule has 0 aliphatic carbocycles. The van der Waals surface area contributed by atoms with Gasteiger partial charge >= 0.3 is 5.69 Å². The van der Waals surface area contributed by atoms with E-state index >= 15 is 0 Å². The maximum Gasteiger partial charge on any atom is 0.332 e. The Morgan fingerprint density at radius 3 is 2.32 bits per heavy atom. The van der Waals surface area contributed by atoms with Crippen LogP contribution in [0.4, 0.5) is 0 Å². The lowest BCUT2D eigenvalue weighted by molar-refractivity contribution is 0.497. The minimum absolute atomic E-state index is 0.229. The van der Waals surface area contributed by atoms with Crippen molar-refractivity contribution in [1.82, 2.24) is 18.7 Å². The highest BCUT2D eigenvalue weighted by atomic mass is 16.2. The van der Waals surface area contributed by atoms with Crippen LogP contribution >= 0.6 is 0 Å². The number of rotatable bonds is 4. The van der Waals surface area contributed by atoms with Gasteiger partial charge in [-0.3, -0.25) is 13.9 Å². The topological polar surface area (TPSA) is 87.8 Å². The molecule has 0 aliphatic heterocycles. The van der Waals surface area contributed by atoms with E-state index < -0.39 is 0 Å². The molecule has 22 heavy (non-hydrogen) atoms. The summed E-state index contributed by atoms with van der Waals surface area (Å²) >= 11 is 0. The zero-order valence-electron chi connectivity index (χ0n) is 14.0. The van der Waals surface area contributed by atoms with Crippen molar-refractivity contribution in [1.29, 1.82) is 0 Å². The van der Waals surface area contributed by atoms with Gasteiger partial charge in [-0.1, -0.05) is 20.8 Å². The second-order valence-electron chi connectivity index (χ2n) is 6.54. The molecule has 2 aromatic rings. The monoisotopic (exact) mass is 307 g/mol. The third-order valence-electron chi connectivity index (χ3n) is 3.81. The molecule has 122 valence electrons. The second-order valence-corrected chi connectivity index (χ2v) is 6.54. The highest BCUT2D eigenvalue weighted by molar-refractivity contribution is 5.71. The molecule has 2 N–H and O–H groups in total. The lowest BCUT2D eigenvalue weighted by atomic mass is 9.95. The predicted molar refractivity (Wildman–Crippen MR) is 87.3 cm³/mol.